The van der Waals surface area contributed by atoms with Crippen molar-refractivity contribution in [3.63, 3.8) is 0 Å². The fraction of sp³-hybridized carbons (Fsp3) is 0.412. The average Bonchev–Trinajstić information content (AvgIpc) is 2.79. The number of hydrogen-bond acceptors (Lipinski definition) is 2. The predicted octanol–water partition coefficient (Wildman–Crippen LogP) is 3.30. The molecule has 0 amide bonds. The van der Waals surface area contributed by atoms with E-state index in [0.717, 1.165) is 23.5 Å². The van der Waals surface area contributed by atoms with E-state index in [1.165, 1.54) is 0 Å². The van der Waals surface area contributed by atoms with E-state index in [9.17, 15) is 4.79 Å². The molecule has 2 rings (SSSR count). The molecule has 0 bridgehead atoms. The Hall–Kier alpha value is -1.90. The van der Waals surface area contributed by atoms with E-state index in [1.54, 1.807) is 0 Å². The molecule has 1 heterocycles. The Kier molecular flexibility index (Phi) is 4.07. The van der Waals surface area contributed by atoms with Crippen molar-refractivity contribution in [2.24, 2.45) is 0 Å². The van der Waals surface area contributed by atoms with Crippen LogP contribution in [-0.2, 0) is 23.2 Å². The summed E-state index contributed by atoms with van der Waals surface area (Å²) >= 11 is 0. The van der Waals surface area contributed by atoms with Crippen molar-refractivity contribution < 1.29 is 4.79 Å². The highest BCUT2D eigenvalue weighted by atomic mass is 16.1. The molecule has 0 saturated carbocycles. The standard InChI is InChI=1S/C17H22N2O/c1-5-19-15(11-13(2)18-19)12-16(20)17(3,4)14-9-7-6-8-10-14/h6-11H,5,12H2,1-4H3. The van der Waals surface area contributed by atoms with Crippen LogP contribution >= 0.6 is 0 Å². The van der Waals surface area contributed by atoms with Gasteiger partial charge in [-0.1, -0.05) is 30.3 Å². The zero-order chi connectivity index (χ0) is 14.8. The van der Waals surface area contributed by atoms with Gasteiger partial charge in [0.15, 0.2) is 0 Å². The minimum Gasteiger partial charge on any atom is -0.298 e. The summed E-state index contributed by atoms with van der Waals surface area (Å²) in [6.45, 7) is 8.78. The molecule has 1 aromatic heterocycles. The molecule has 0 aliphatic heterocycles. The van der Waals surface area contributed by atoms with Crippen molar-refractivity contribution in [2.45, 2.75) is 46.1 Å². The van der Waals surface area contributed by atoms with Crippen LogP contribution < -0.4 is 0 Å². The van der Waals surface area contributed by atoms with E-state index < -0.39 is 5.41 Å². The summed E-state index contributed by atoms with van der Waals surface area (Å²) in [5, 5.41) is 4.40. The lowest BCUT2D eigenvalue weighted by Gasteiger charge is -2.23. The van der Waals surface area contributed by atoms with E-state index in [4.69, 9.17) is 0 Å². The SMILES string of the molecule is CCn1nc(C)cc1CC(=O)C(C)(C)c1ccccc1. The molecule has 0 radical (unpaired) electrons. The molecule has 0 aliphatic rings. The summed E-state index contributed by atoms with van der Waals surface area (Å²) in [5.41, 5.74) is 2.55. The number of carbonyl (C=O) groups excluding carboxylic acids is 1. The molecular weight excluding hydrogens is 248 g/mol. The summed E-state index contributed by atoms with van der Waals surface area (Å²) in [6.07, 6.45) is 0.427. The van der Waals surface area contributed by atoms with Gasteiger partial charge in [-0.25, -0.2) is 0 Å². The molecule has 0 N–H and O–H groups in total. The number of nitrogens with zero attached hydrogens (tertiary/aromatic N) is 2. The predicted molar refractivity (Wildman–Crippen MR) is 80.8 cm³/mol. The molecule has 1 aromatic carbocycles. The van der Waals surface area contributed by atoms with Crippen LogP contribution in [0.15, 0.2) is 36.4 Å². The molecule has 3 nitrogen and oxygen atoms in total. The number of aromatic nitrogens is 2. The van der Waals surface area contributed by atoms with Gasteiger partial charge in [0.1, 0.15) is 5.78 Å². The lowest BCUT2D eigenvalue weighted by molar-refractivity contribution is -0.122. The van der Waals surface area contributed by atoms with Crippen LogP contribution in [-0.4, -0.2) is 15.6 Å². The Balaban J connectivity index is 2.23. The van der Waals surface area contributed by atoms with Gasteiger partial charge in [-0.2, -0.15) is 5.10 Å². The van der Waals surface area contributed by atoms with Gasteiger partial charge in [0, 0.05) is 24.1 Å². The van der Waals surface area contributed by atoms with Crippen LogP contribution in [0.4, 0.5) is 0 Å². The second-order valence-electron chi connectivity index (χ2n) is 5.68. The third-order valence-corrected chi connectivity index (χ3v) is 3.82. The van der Waals surface area contributed by atoms with Crippen LogP contribution in [0.2, 0.25) is 0 Å². The Morgan fingerprint density at radius 2 is 1.90 bits per heavy atom. The zero-order valence-corrected chi connectivity index (χ0v) is 12.7. The van der Waals surface area contributed by atoms with E-state index >= 15 is 0 Å². The lowest BCUT2D eigenvalue weighted by Crippen LogP contribution is -2.31. The number of ketones is 1. The Morgan fingerprint density at radius 1 is 1.25 bits per heavy atom. The fourth-order valence-electron chi connectivity index (χ4n) is 2.42. The minimum atomic E-state index is -0.474. The summed E-state index contributed by atoms with van der Waals surface area (Å²) in [5.74, 6) is 0.221. The van der Waals surface area contributed by atoms with Gasteiger partial charge in [-0.3, -0.25) is 9.48 Å². The number of hydrogen-bond donors (Lipinski definition) is 0. The quantitative estimate of drug-likeness (QED) is 0.835. The smallest absolute Gasteiger partial charge is 0.148 e. The van der Waals surface area contributed by atoms with Crippen molar-refractivity contribution in [3.8, 4) is 0 Å². The third-order valence-electron chi connectivity index (χ3n) is 3.82. The summed E-state index contributed by atoms with van der Waals surface area (Å²) in [7, 11) is 0. The van der Waals surface area contributed by atoms with Gasteiger partial charge in [0.05, 0.1) is 5.69 Å². The number of aryl methyl sites for hydroxylation is 2. The molecule has 2 aromatic rings. The molecule has 0 fully saturated rings. The fourth-order valence-corrected chi connectivity index (χ4v) is 2.42. The molecular formula is C17H22N2O. The maximum atomic E-state index is 12.7. The second-order valence-corrected chi connectivity index (χ2v) is 5.68. The molecule has 20 heavy (non-hydrogen) atoms. The third kappa shape index (κ3) is 2.82. The van der Waals surface area contributed by atoms with Crippen molar-refractivity contribution >= 4 is 5.78 Å². The summed E-state index contributed by atoms with van der Waals surface area (Å²) in [6, 6.07) is 12.0. The lowest BCUT2D eigenvalue weighted by atomic mass is 9.79. The minimum absolute atomic E-state index is 0.221. The highest BCUT2D eigenvalue weighted by molar-refractivity contribution is 5.90. The first-order valence-corrected chi connectivity index (χ1v) is 7.07. The Morgan fingerprint density at radius 3 is 2.50 bits per heavy atom. The van der Waals surface area contributed by atoms with Crippen LogP contribution in [0, 0.1) is 6.92 Å². The first kappa shape index (κ1) is 14.5. The molecule has 0 unspecified atom stereocenters. The van der Waals surface area contributed by atoms with Gasteiger partial charge in [0.25, 0.3) is 0 Å². The van der Waals surface area contributed by atoms with Gasteiger partial charge in [-0.05, 0) is 39.3 Å². The largest absolute Gasteiger partial charge is 0.298 e. The van der Waals surface area contributed by atoms with E-state index in [-0.39, 0.29) is 5.78 Å². The van der Waals surface area contributed by atoms with Gasteiger partial charge in [-0.15, -0.1) is 0 Å². The monoisotopic (exact) mass is 270 g/mol. The number of Topliss-reactive ketones (excluding diaryl/α,β-unsaturated/α-hetero) is 1. The van der Waals surface area contributed by atoms with Crippen LogP contribution in [0.1, 0.15) is 37.7 Å². The van der Waals surface area contributed by atoms with Crippen LogP contribution in [0.5, 0.6) is 0 Å². The molecule has 0 spiro atoms. The van der Waals surface area contributed by atoms with Gasteiger partial charge in [0.2, 0.25) is 0 Å². The molecule has 0 saturated heterocycles. The van der Waals surface area contributed by atoms with Crippen molar-refractivity contribution in [1.29, 1.82) is 0 Å². The summed E-state index contributed by atoms with van der Waals surface area (Å²) in [4.78, 5) is 12.7. The highest BCUT2D eigenvalue weighted by Gasteiger charge is 2.29. The van der Waals surface area contributed by atoms with Gasteiger partial charge < -0.3 is 0 Å². The van der Waals surface area contributed by atoms with Crippen molar-refractivity contribution in [1.82, 2.24) is 9.78 Å². The highest BCUT2D eigenvalue weighted by Crippen LogP contribution is 2.25. The number of carbonyl (C=O) groups is 1. The molecule has 0 aliphatic carbocycles. The van der Waals surface area contributed by atoms with E-state index in [0.29, 0.717) is 6.42 Å². The zero-order valence-electron chi connectivity index (χ0n) is 12.7. The Labute approximate surface area is 120 Å². The first-order valence-electron chi connectivity index (χ1n) is 7.07. The van der Waals surface area contributed by atoms with Crippen LogP contribution in [0.3, 0.4) is 0 Å². The first-order chi connectivity index (χ1) is 9.45. The van der Waals surface area contributed by atoms with Crippen molar-refractivity contribution in [3.05, 3.63) is 53.3 Å². The Bertz CT molecular complexity index is 597. The molecule has 3 heteroatoms. The average molecular weight is 270 g/mol. The normalized spacial score (nSPS) is 11.6. The molecule has 0 atom stereocenters. The van der Waals surface area contributed by atoms with Crippen LogP contribution in [0.25, 0.3) is 0 Å². The second kappa shape index (κ2) is 5.61. The summed E-state index contributed by atoms with van der Waals surface area (Å²) < 4.78 is 1.91. The van der Waals surface area contributed by atoms with Crippen molar-refractivity contribution in [2.75, 3.05) is 0 Å². The number of rotatable bonds is 5. The van der Waals surface area contributed by atoms with E-state index in [2.05, 4.69) is 5.10 Å². The van der Waals surface area contributed by atoms with E-state index in [1.807, 2.05) is 68.8 Å². The molecule has 106 valence electrons. The number of benzene rings is 1. The maximum Gasteiger partial charge on any atom is 0.148 e. The topological polar surface area (TPSA) is 34.9 Å². The maximum absolute atomic E-state index is 12.7. The van der Waals surface area contributed by atoms with Gasteiger partial charge >= 0.3 is 0 Å².